The number of amides is 1. The third-order valence-electron chi connectivity index (χ3n) is 5.57. The van der Waals surface area contributed by atoms with Gasteiger partial charge in [-0.05, 0) is 68.9 Å². The van der Waals surface area contributed by atoms with Gasteiger partial charge in [0, 0.05) is 37.9 Å². The third-order valence-corrected chi connectivity index (χ3v) is 7.00. The van der Waals surface area contributed by atoms with Crippen molar-refractivity contribution in [1.29, 1.82) is 0 Å². The second-order valence-corrected chi connectivity index (χ2v) is 9.62. The molecule has 8 nitrogen and oxygen atoms in total. The molecule has 0 saturated carbocycles. The van der Waals surface area contributed by atoms with E-state index in [-0.39, 0.29) is 10.8 Å². The highest BCUT2D eigenvalue weighted by Crippen LogP contribution is 2.16. The first-order chi connectivity index (χ1) is 15.4. The Morgan fingerprint density at radius 3 is 2.56 bits per heavy atom. The molecule has 0 radical (unpaired) electrons. The number of carbonyl (C=O) groups is 1. The molecule has 3 rings (SSSR count). The molecular formula is C23H31N3O5S. The molecule has 9 heteroatoms. The fourth-order valence-corrected chi connectivity index (χ4v) is 4.28. The Hall–Kier alpha value is -2.46. The van der Waals surface area contributed by atoms with E-state index < -0.39 is 10.0 Å². The number of sulfonamides is 1. The Balaban J connectivity index is 1.47. The summed E-state index contributed by atoms with van der Waals surface area (Å²) in [7, 11) is -0.0621. The number of nitrogens with one attached hydrogen (secondary N) is 2. The summed E-state index contributed by atoms with van der Waals surface area (Å²) in [6, 6.07) is 14.0. The average Bonchev–Trinajstić information content (AvgIpc) is 2.83. The zero-order valence-corrected chi connectivity index (χ0v) is 19.4. The van der Waals surface area contributed by atoms with Gasteiger partial charge in [0.2, 0.25) is 10.0 Å². The number of carbonyl (C=O) groups excluding carboxylic acids is 1. The number of ether oxygens (including phenoxy) is 2. The standard InChI is InChI=1S/C23H31N3O5S/c1-24-32(28,29)22-8-6-19(7-9-22)23(27)25-17-18-4-3-5-21(16-18)31-15-12-26(2)20-10-13-30-14-11-20/h3-9,16,20,24H,10-15,17H2,1-2H3,(H,25,27). The molecule has 32 heavy (non-hydrogen) atoms. The Bertz CT molecular complexity index is 989. The lowest BCUT2D eigenvalue weighted by molar-refractivity contribution is 0.0392. The molecule has 2 aromatic carbocycles. The van der Waals surface area contributed by atoms with Crippen molar-refractivity contribution in [2.45, 2.75) is 30.3 Å². The Morgan fingerprint density at radius 1 is 1.16 bits per heavy atom. The van der Waals surface area contributed by atoms with Crippen LogP contribution in [0.1, 0.15) is 28.8 Å². The van der Waals surface area contributed by atoms with Crippen molar-refractivity contribution < 1.29 is 22.7 Å². The molecule has 0 spiro atoms. The SMILES string of the molecule is CNS(=O)(=O)c1ccc(C(=O)NCc2cccc(OCCN(C)C3CCOCC3)c2)cc1. The van der Waals surface area contributed by atoms with E-state index in [4.69, 9.17) is 9.47 Å². The fourth-order valence-electron chi connectivity index (χ4n) is 3.55. The first kappa shape index (κ1) is 24.2. The van der Waals surface area contributed by atoms with E-state index in [0.29, 0.717) is 24.8 Å². The second-order valence-electron chi connectivity index (χ2n) is 7.73. The van der Waals surface area contributed by atoms with Gasteiger partial charge in [-0.3, -0.25) is 9.69 Å². The smallest absolute Gasteiger partial charge is 0.251 e. The van der Waals surface area contributed by atoms with Crippen molar-refractivity contribution in [2.75, 3.05) is 40.5 Å². The molecule has 0 atom stereocenters. The molecule has 1 amide bonds. The number of hydrogen-bond acceptors (Lipinski definition) is 6. The van der Waals surface area contributed by atoms with Crippen molar-refractivity contribution in [3.8, 4) is 5.75 Å². The largest absolute Gasteiger partial charge is 0.492 e. The Kier molecular flexibility index (Phi) is 8.63. The normalized spacial score (nSPS) is 15.0. The molecule has 0 bridgehead atoms. The molecule has 1 aliphatic rings. The number of likely N-dealkylation sites (N-methyl/N-ethyl adjacent to an activating group) is 1. The molecule has 0 aromatic heterocycles. The summed E-state index contributed by atoms with van der Waals surface area (Å²) < 4.78 is 37.1. The number of hydrogen-bond donors (Lipinski definition) is 2. The molecule has 0 unspecified atom stereocenters. The predicted molar refractivity (Wildman–Crippen MR) is 122 cm³/mol. The minimum atomic E-state index is -3.52. The van der Waals surface area contributed by atoms with E-state index in [2.05, 4.69) is 22.0 Å². The van der Waals surface area contributed by atoms with Crippen molar-refractivity contribution in [3.05, 3.63) is 59.7 Å². The lowest BCUT2D eigenvalue weighted by Gasteiger charge is -2.31. The van der Waals surface area contributed by atoms with Crippen molar-refractivity contribution in [3.63, 3.8) is 0 Å². The highest BCUT2D eigenvalue weighted by atomic mass is 32.2. The van der Waals surface area contributed by atoms with E-state index in [1.54, 1.807) is 0 Å². The van der Waals surface area contributed by atoms with Crippen LogP contribution >= 0.6 is 0 Å². The van der Waals surface area contributed by atoms with Crippen molar-refractivity contribution in [1.82, 2.24) is 14.9 Å². The van der Waals surface area contributed by atoms with E-state index >= 15 is 0 Å². The highest BCUT2D eigenvalue weighted by molar-refractivity contribution is 7.89. The zero-order valence-electron chi connectivity index (χ0n) is 18.5. The topological polar surface area (TPSA) is 97.0 Å². The molecule has 2 aromatic rings. The van der Waals surface area contributed by atoms with Crippen LogP contribution in [0.2, 0.25) is 0 Å². The summed E-state index contributed by atoms with van der Waals surface area (Å²) in [5, 5.41) is 2.85. The molecule has 174 valence electrons. The van der Waals surface area contributed by atoms with Crippen LogP contribution < -0.4 is 14.8 Å². The van der Waals surface area contributed by atoms with Gasteiger partial charge < -0.3 is 14.8 Å². The summed E-state index contributed by atoms with van der Waals surface area (Å²) >= 11 is 0. The van der Waals surface area contributed by atoms with Gasteiger partial charge in [-0.1, -0.05) is 12.1 Å². The maximum atomic E-state index is 12.4. The number of nitrogens with zero attached hydrogens (tertiary/aromatic N) is 1. The fraction of sp³-hybridized carbons (Fsp3) is 0.435. The van der Waals surface area contributed by atoms with Crippen LogP contribution in [0.3, 0.4) is 0 Å². The van der Waals surface area contributed by atoms with Gasteiger partial charge in [-0.15, -0.1) is 0 Å². The maximum Gasteiger partial charge on any atom is 0.251 e. The van der Waals surface area contributed by atoms with E-state index in [1.165, 1.54) is 31.3 Å². The van der Waals surface area contributed by atoms with Gasteiger partial charge in [0.15, 0.2) is 0 Å². The molecule has 2 N–H and O–H groups in total. The summed E-state index contributed by atoms with van der Waals surface area (Å²) in [5.74, 6) is 0.488. The number of benzene rings is 2. The van der Waals surface area contributed by atoms with E-state index in [1.807, 2.05) is 24.3 Å². The van der Waals surface area contributed by atoms with Gasteiger partial charge in [-0.25, -0.2) is 13.1 Å². The molecule has 1 fully saturated rings. The molecule has 1 aliphatic heterocycles. The van der Waals surface area contributed by atoms with Gasteiger partial charge in [0.05, 0.1) is 4.90 Å². The Morgan fingerprint density at radius 2 is 1.88 bits per heavy atom. The van der Waals surface area contributed by atoms with Crippen LogP contribution in [0.25, 0.3) is 0 Å². The summed E-state index contributed by atoms with van der Waals surface area (Å²) in [4.78, 5) is 14.8. The quantitative estimate of drug-likeness (QED) is 0.562. The minimum Gasteiger partial charge on any atom is -0.492 e. The lowest BCUT2D eigenvalue weighted by Crippen LogP contribution is -2.38. The molecular weight excluding hydrogens is 430 g/mol. The molecule has 1 heterocycles. The van der Waals surface area contributed by atoms with Crippen LogP contribution in [0.15, 0.2) is 53.4 Å². The summed E-state index contributed by atoms with van der Waals surface area (Å²) in [6.45, 7) is 3.41. The van der Waals surface area contributed by atoms with Crippen molar-refractivity contribution >= 4 is 15.9 Å². The monoisotopic (exact) mass is 461 g/mol. The Labute approximate surface area is 190 Å². The minimum absolute atomic E-state index is 0.115. The summed E-state index contributed by atoms with van der Waals surface area (Å²) in [6.07, 6.45) is 2.11. The maximum absolute atomic E-state index is 12.4. The average molecular weight is 462 g/mol. The van der Waals surface area contributed by atoms with Gasteiger partial charge >= 0.3 is 0 Å². The van der Waals surface area contributed by atoms with Crippen LogP contribution in [-0.2, 0) is 21.3 Å². The van der Waals surface area contributed by atoms with E-state index in [0.717, 1.165) is 43.9 Å². The third kappa shape index (κ3) is 6.77. The first-order valence-corrected chi connectivity index (χ1v) is 12.2. The van der Waals surface area contributed by atoms with Crippen LogP contribution in [0.4, 0.5) is 0 Å². The summed E-state index contributed by atoms with van der Waals surface area (Å²) in [5.41, 5.74) is 1.31. The predicted octanol–water partition coefficient (Wildman–Crippen LogP) is 2.01. The first-order valence-electron chi connectivity index (χ1n) is 10.7. The second kappa shape index (κ2) is 11.4. The lowest BCUT2D eigenvalue weighted by atomic mass is 10.1. The highest BCUT2D eigenvalue weighted by Gasteiger charge is 2.18. The van der Waals surface area contributed by atoms with Gasteiger partial charge in [0.1, 0.15) is 12.4 Å². The number of rotatable bonds is 10. The van der Waals surface area contributed by atoms with Crippen LogP contribution in [-0.4, -0.2) is 65.7 Å². The zero-order chi connectivity index (χ0) is 23.0. The van der Waals surface area contributed by atoms with Gasteiger partial charge in [0.25, 0.3) is 5.91 Å². The van der Waals surface area contributed by atoms with Gasteiger partial charge in [-0.2, -0.15) is 0 Å². The molecule has 0 aliphatic carbocycles. The van der Waals surface area contributed by atoms with Crippen LogP contribution in [0.5, 0.6) is 5.75 Å². The van der Waals surface area contributed by atoms with Crippen LogP contribution in [0, 0.1) is 0 Å². The van der Waals surface area contributed by atoms with E-state index in [9.17, 15) is 13.2 Å². The molecule has 1 saturated heterocycles. The van der Waals surface area contributed by atoms with Crippen molar-refractivity contribution in [2.24, 2.45) is 0 Å².